The highest BCUT2D eigenvalue weighted by atomic mass is 79.9. The molecular formula is C40H49BrN6O8. The Morgan fingerprint density at radius 3 is 2.62 bits per heavy atom. The molecule has 3 saturated heterocycles. The molecule has 8 atom stereocenters. The SMILES string of the molecule is C=CCCC(=O)N[C@H](COC)[C@H](OC(=O)[C@H]1[C@@H]2O[C@@]3(CC2Br)[C@@H]1C(=O)N(CCCCCO)[C@@H]3C(=O)N(CC=C)Cn1nnc2ccccc21)c1ccccc1. The number of hydrogen-bond donors (Lipinski definition) is 2. The van der Waals surface area contributed by atoms with E-state index < -0.39 is 47.7 Å². The van der Waals surface area contributed by atoms with Crippen LogP contribution >= 0.6 is 15.9 Å². The van der Waals surface area contributed by atoms with Gasteiger partial charge in [0.25, 0.3) is 0 Å². The third-order valence-electron chi connectivity index (χ3n) is 10.7. The Labute approximate surface area is 329 Å². The summed E-state index contributed by atoms with van der Waals surface area (Å²) in [5.74, 6) is -3.72. The minimum Gasteiger partial charge on any atom is -0.455 e. The maximum Gasteiger partial charge on any atom is 0.313 e. The van der Waals surface area contributed by atoms with E-state index in [-0.39, 0.29) is 61.9 Å². The highest BCUT2D eigenvalue weighted by Crippen LogP contribution is 2.60. The molecule has 0 saturated carbocycles. The number of para-hydroxylation sites is 1. The van der Waals surface area contributed by atoms with Crippen LogP contribution in [0, 0.1) is 11.8 Å². The predicted molar refractivity (Wildman–Crippen MR) is 206 cm³/mol. The molecular weight excluding hydrogens is 772 g/mol. The Hall–Kier alpha value is -4.44. The molecule has 3 aliphatic rings. The van der Waals surface area contributed by atoms with Gasteiger partial charge in [-0.05, 0) is 49.8 Å². The number of unbranched alkanes of at least 4 members (excludes halogenated alkanes) is 2. The smallest absolute Gasteiger partial charge is 0.313 e. The first-order valence-corrected chi connectivity index (χ1v) is 19.7. The van der Waals surface area contributed by atoms with Crippen molar-refractivity contribution < 1.29 is 38.5 Å². The first-order valence-electron chi connectivity index (χ1n) is 18.7. The van der Waals surface area contributed by atoms with Gasteiger partial charge in [0.15, 0.2) is 0 Å². The standard InChI is InChI=1S/C40H49BrN6O8/c1-4-6-19-31(49)42-29(24-53-3)34(26-15-9-7-10-16-26)54-39(52)32-33-37(50)46(21-13-8-14-22-48)36(40(33)23-27(41)35(32)55-40)38(51)45(20-5-2)25-47-30-18-12-11-17-28(30)43-44-47/h4-5,7,9-12,15-18,27,29,32-36,48H,1-2,6,8,13-14,19-25H2,3H3,(H,42,49)/t27?,29-,32-,33+,34-,35-,36-,40+/m1/s1. The lowest BCUT2D eigenvalue weighted by atomic mass is 9.70. The molecule has 1 spiro atoms. The summed E-state index contributed by atoms with van der Waals surface area (Å²) in [6.07, 6.45) is 4.23. The number of aliphatic hydroxyl groups excluding tert-OH is 1. The van der Waals surface area contributed by atoms with Gasteiger partial charge in [-0.1, -0.05) is 75.8 Å². The van der Waals surface area contributed by atoms with Gasteiger partial charge in [0.05, 0.1) is 36.1 Å². The molecule has 4 heterocycles. The summed E-state index contributed by atoms with van der Waals surface area (Å²) in [4.78, 5) is 60.1. The first kappa shape index (κ1) is 40.2. The number of rotatable bonds is 20. The number of likely N-dealkylation sites (tertiary alicyclic amines) is 1. The Morgan fingerprint density at radius 2 is 1.89 bits per heavy atom. The fraction of sp³-hybridized carbons (Fsp3) is 0.500. The lowest BCUT2D eigenvalue weighted by Gasteiger charge is -2.37. The van der Waals surface area contributed by atoms with Gasteiger partial charge in [-0.15, -0.1) is 18.3 Å². The number of ether oxygens (including phenoxy) is 3. The summed E-state index contributed by atoms with van der Waals surface area (Å²) in [6, 6.07) is 14.7. The maximum atomic E-state index is 15.0. The maximum absolute atomic E-state index is 15.0. The second-order valence-electron chi connectivity index (χ2n) is 14.3. The number of amides is 3. The Balaban J connectivity index is 1.34. The van der Waals surface area contributed by atoms with Gasteiger partial charge in [-0.2, -0.15) is 0 Å². The Kier molecular flexibility index (Phi) is 13.2. The summed E-state index contributed by atoms with van der Waals surface area (Å²) in [6.45, 7) is 8.07. The van der Waals surface area contributed by atoms with Crippen molar-refractivity contribution in [2.24, 2.45) is 11.8 Å². The number of halogens is 1. The number of aliphatic hydroxyl groups is 1. The minimum atomic E-state index is -1.34. The fourth-order valence-electron chi connectivity index (χ4n) is 8.34. The van der Waals surface area contributed by atoms with Crippen molar-refractivity contribution in [3.63, 3.8) is 0 Å². The van der Waals surface area contributed by atoms with Crippen molar-refractivity contribution >= 4 is 50.7 Å². The number of nitrogens with zero attached hydrogens (tertiary/aromatic N) is 5. The van der Waals surface area contributed by atoms with Crippen molar-refractivity contribution in [1.82, 2.24) is 30.1 Å². The van der Waals surface area contributed by atoms with E-state index in [4.69, 9.17) is 14.2 Å². The second-order valence-corrected chi connectivity index (χ2v) is 15.4. The average molecular weight is 822 g/mol. The van der Waals surface area contributed by atoms with Gasteiger partial charge in [-0.25, -0.2) is 4.68 Å². The van der Waals surface area contributed by atoms with Gasteiger partial charge in [0.1, 0.15) is 29.9 Å². The number of fused-ring (bicyclic) bond motifs is 2. The number of esters is 1. The van der Waals surface area contributed by atoms with Gasteiger partial charge in [0, 0.05) is 38.1 Å². The van der Waals surface area contributed by atoms with Crippen molar-refractivity contribution in [2.45, 2.75) is 79.9 Å². The van der Waals surface area contributed by atoms with Crippen LogP contribution in [0.5, 0.6) is 0 Å². The number of nitrogens with one attached hydrogen (secondary N) is 1. The topological polar surface area (TPSA) is 165 Å². The summed E-state index contributed by atoms with van der Waals surface area (Å²) in [5.41, 5.74) is 0.702. The summed E-state index contributed by atoms with van der Waals surface area (Å²) in [5, 5.41) is 21.0. The molecule has 2 bridgehead atoms. The molecule has 2 N–H and O–H groups in total. The van der Waals surface area contributed by atoms with Crippen LogP contribution in [0.15, 0.2) is 79.9 Å². The minimum absolute atomic E-state index is 0.00711. The quantitative estimate of drug-likeness (QED) is 0.0744. The molecule has 55 heavy (non-hydrogen) atoms. The summed E-state index contributed by atoms with van der Waals surface area (Å²) < 4.78 is 20.2. The van der Waals surface area contributed by atoms with E-state index in [2.05, 4.69) is 44.7 Å². The number of benzene rings is 2. The van der Waals surface area contributed by atoms with Crippen molar-refractivity contribution in [3.8, 4) is 0 Å². The van der Waals surface area contributed by atoms with Gasteiger partial charge >= 0.3 is 5.97 Å². The van der Waals surface area contributed by atoms with Crippen LogP contribution in [-0.4, -0.2) is 116 Å². The van der Waals surface area contributed by atoms with Crippen molar-refractivity contribution in [1.29, 1.82) is 0 Å². The molecule has 1 unspecified atom stereocenters. The van der Waals surface area contributed by atoms with E-state index in [1.54, 1.807) is 38.8 Å². The number of hydrogen-bond acceptors (Lipinski definition) is 10. The fourth-order valence-corrected chi connectivity index (χ4v) is 9.29. The lowest BCUT2D eigenvalue weighted by Crippen LogP contribution is -2.57. The third kappa shape index (κ3) is 8.11. The van der Waals surface area contributed by atoms with Crippen LogP contribution in [0.25, 0.3) is 11.0 Å². The summed E-state index contributed by atoms with van der Waals surface area (Å²) in [7, 11) is 1.50. The van der Waals surface area contributed by atoms with Gasteiger partial charge < -0.3 is 34.4 Å². The molecule has 15 heteroatoms. The van der Waals surface area contributed by atoms with Crippen molar-refractivity contribution in [3.05, 3.63) is 85.5 Å². The third-order valence-corrected chi connectivity index (χ3v) is 11.6. The first-order chi connectivity index (χ1) is 26.7. The van der Waals surface area contributed by atoms with Gasteiger partial charge in [-0.3, -0.25) is 19.2 Å². The molecule has 1 aromatic heterocycles. The zero-order valence-electron chi connectivity index (χ0n) is 31.0. The lowest BCUT2D eigenvalue weighted by molar-refractivity contribution is -0.163. The van der Waals surface area contributed by atoms with E-state index in [1.165, 1.54) is 7.11 Å². The molecule has 3 aliphatic heterocycles. The number of alkyl halides is 1. The summed E-state index contributed by atoms with van der Waals surface area (Å²) >= 11 is 3.75. The van der Waals surface area contributed by atoms with E-state index in [0.29, 0.717) is 43.2 Å². The van der Waals surface area contributed by atoms with Crippen LogP contribution in [0.2, 0.25) is 0 Å². The number of aromatic nitrogens is 3. The van der Waals surface area contributed by atoms with E-state index in [1.807, 2.05) is 42.5 Å². The monoisotopic (exact) mass is 820 g/mol. The number of allylic oxidation sites excluding steroid dienone is 1. The highest BCUT2D eigenvalue weighted by molar-refractivity contribution is 9.09. The zero-order chi connectivity index (χ0) is 39.1. The van der Waals surface area contributed by atoms with Gasteiger partial charge in [0.2, 0.25) is 17.7 Å². The normalized spacial score (nSPS) is 25.0. The molecule has 3 aromatic rings. The molecule has 3 amide bonds. The molecule has 294 valence electrons. The number of methoxy groups -OCH3 is 1. The number of carbonyl (C=O) groups is 4. The molecule has 0 radical (unpaired) electrons. The van der Waals surface area contributed by atoms with Crippen molar-refractivity contribution in [2.75, 3.05) is 33.4 Å². The Bertz CT molecular complexity index is 1860. The second kappa shape index (κ2) is 18.0. The van der Waals surface area contributed by atoms with Crippen LogP contribution in [0.1, 0.15) is 50.2 Å². The van der Waals surface area contributed by atoms with E-state index in [9.17, 15) is 24.3 Å². The highest BCUT2D eigenvalue weighted by Gasteiger charge is 2.77. The molecule has 2 aromatic carbocycles. The zero-order valence-corrected chi connectivity index (χ0v) is 32.6. The molecule has 6 rings (SSSR count). The van der Waals surface area contributed by atoms with Crippen LogP contribution < -0.4 is 5.32 Å². The molecule has 3 fully saturated rings. The number of carbonyl (C=O) groups excluding carboxylic acids is 4. The van der Waals surface area contributed by atoms with Crippen LogP contribution in [-0.2, 0) is 40.1 Å². The average Bonchev–Trinajstić information content (AvgIpc) is 3.91. The van der Waals surface area contributed by atoms with Crippen LogP contribution in [0.3, 0.4) is 0 Å². The predicted octanol–water partition coefficient (Wildman–Crippen LogP) is 3.70. The molecule has 14 nitrogen and oxygen atoms in total. The van der Waals surface area contributed by atoms with E-state index >= 15 is 0 Å². The Morgan fingerprint density at radius 1 is 1.13 bits per heavy atom. The molecule has 0 aliphatic carbocycles. The van der Waals surface area contributed by atoms with Crippen LogP contribution in [0.4, 0.5) is 0 Å². The van der Waals surface area contributed by atoms with E-state index in [0.717, 1.165) is 5.52 Å². The largest absolute Gasteiger partial charge is 0.455 e.